The summed E-state index contributed by atoms with van der Waals surface area (Å²) in [4.78, 5) is 2.37. The lowest BCUT2D eigenvalue weighted by molar-refractivity contribution is 0.305. The molecule has 1 aliphatic carbocycles. The van der Waals surface area contributed by atoms with Crippen LogP contribution in [0.1, 0.15) is 24.0 Å². The van der Waals surface area contributed by atoms with Gasteiger partial charge in [-0.25, -0.2) is 0 Å². The quantitative estimate of drug-likeness (QED) is 0.818. The average molecular weight is 234 g/mol. The number of rotatable bonds is 6. The Hall–Kier alpha value is -1.06. The second kappa shape index (κ2) is 5.52. The predicted molar refractivity (Wildman–Crippen MR) is 69.9 cm³/mol. The molecule has 0 spiro atoms. The van der Waals surface area contributed by atoms with E-state index in [0.717, 1.165) is 18.2 Å². The highest BCUT2D eigenvalue weighted by Crippen LogP contribution is 2.30. The van der Waals surface area contributed by atoms with Gasteiger partial charge in [0.15, 0.2) is 0 Å². The van der Waals surface area contributed by atoms with Crippen molar-refractivity contribution in [1.29, 1.82) is 0 Å². The van der Waals surface area contributed by atoms with E-state index in [1.54, 1.807) is 7.11 Å². The predicted octanol–water partition coefficient (Wildman–Crippen LogP) is 2.00. The highest BCUT2D eigenvalue weighted by atomic mass is 16.5. The van der Waals surface area contributed by atoms with Crippen molar-refractivity contribution in [1.82, 2.24) is 4.90 Å². The molecule has 2 N–H and O–H groups in total. The van der Waals surface area contributed by atoms with Crippen LogP contribution in [0.2, 0.25) is 0 Å². The van der Waals surface area contributed by atoms with Crippen LogP contribution in [0, 0.1) is 5.92 Å². The molecule has 1 aromatic carbocycles. The molecule has 0 bridgehead atoms. The molecule has 0 aliphatic heterocycles. The summed E-state index contributed by atoms with van der Waals surface area (Å²) in [5.41, 5.74) is 8.08. The molecule has 0 radical (unpaired) electrons. The molecule has 0 amide bonds. The van der Waals surface area contributed by atoms with E-state index in [1.807, 2.05) is 12.1 Å². The smallest absolute Gasteiger partial charge is 0.123 e. The van der Waals surface area contributed by atoms with Gasteiger partial charge >= 0.3 is 0 Å². The van der Waals surface area contributed by atoms with Crippen molar-refractivity contribution >= 4 is 0 Å². The standard InChI is InChI=1S/C14H22N2O/c1-16(9-11-3-4-11)10-13-7-12(8-15)5-6-14(13)17-2/h5-7,11H,3-4,8-10,15H2,1-2H3. The van der Waals surface area contributed by atoms with Crippen molar-refractivity contribution in [3.63, 3.8) is 0 Å². The minimum atomic E-state index is 0.587. The summed E-state index contributed by atoms with van der Waals surface area (Å²) in [6.07, 6.45) is 2.79. The third-order valence-corrected chi connectivity index (χ3v) is 3.29. The largest absolute Gasteiger partial charge is 0.496 e. The zero-order valence-electron chi connectivity index (χ0n) is 10.8. The first kappa shape index (κ1) is 12.4. The fraction of sp³-hybridized carbons (Fsp3) is 0.571. The molecule has 3 nitrogen and oxygen atoms in total. The van der Waals surface area contributed by atoms with Crippen LogP contribution in [0.5, 0.6) is 5.75 Å². The first-order valence-corrected chi connectivity index (χ1v) is 6.27. The first-order chi connectivity index (χ1) is 8.22. The Bertz CT molecular complexity index is 374. The van der Waals surface area contributed by atoms with Crippen LogP contribution in [0.3, 0.4) is 0 Å². The van der Waals surface area contributed by atoms with Gasteiger partial charge in [-0.15, -0.1) is 0 Å². The van der Waals surface area contributed by atoms with E-state index >= 15 is 0 Å². The lowest BCUT2D eigenvalue weighted by Gasteiger charge is -2.18. The SMILES string of the molecule is COc1ccc(CN)cc1CN(C)CC1CC1. The Labute approximate surface area is 104 Å². The highest BCUT2D eigenvalue weighted by Gasteiger charge is 2.23. The molecule has 0 saturated heterocycles. The van der Waals surface area contributed by atoms with Crippen molar-refractivity contribution in [2.45, 2.75) is 25.9 Å². The molecule has 0 unspecified atom stereocenters. The minimum absolute atomic E-state index is 0.587. The van der Waals surface area contributed by atoms with Crippen molar-refractivity contribution < 1.29 is 4.74 Å². The van der Waals surface area contributed by atoms with Crippen molar-refractivity contribution in [3.8, 4) is 5.75 Å². The number of hydrogen-bond donors (Lipinski definition) is 1. The first-order valence-electron chi connectivity index (χ1n) is 6.27. The van der Waals surface area contributed by atoms with Crippen LogP contribution >= 0.6 is 0 Å². The van der Waals surface area contributed by atoms with Crippen LogP contribution in [-0.2, 0) is 13.1 Å². The van der Waals surface area contributed by atoms with Gasteiger partial charge in [-0.3, -0.25) is 0 Å². The van der Waals surface area contributed by atoms with E-state index in [1.165, 1.54) is 30.5 Å². The van der Waals surface area contributed by atoms with Crippen molar-refractivity contribution in [3.05, 3.63) is 29.3 Å². The molecule has 3 heteroatoms. The van der Waals surface area contributed by atoms with E-state index in [-0.39, 0.29) is 0 Å². The molecule has 17 heavy (non-hydrogen) atoms. The van der Waals surface area contributed by atoms with Crippen LogP contribution in [0.4, 0.5) is 0 Å². The summed E-state index contributed by atoms with van der Waals surface area (Å²) in [6, 6.07) is 6.20. The van der Waals surface area contributed by atoms with Gasteiger partial charge in [-0.2, -0.15) is 0 Å². The van der Waals surface area contributed by atoms with Gasteiger partial charge < -0.3 is 15.4 Å². The highest BCUT2D eigenvalue weighted by molar-refractivity contribution is 5.37. The second-order valence-electron chi connectivity index (χ2n) is 4.99. The Kier molecular flexibility index (Phi) is 4.02. The fourth-order valence-corrected chi connectivity index (χ4v) is 2.18. The van der Waals surface area contributed by atoms with Crippen LogP contribution in [0.15, 0.2) is 18.2 Å². The van der Waals surface area contributed by atoms with Crippen molar-refractivity contribution in [2.24, 2.45) is 11.7 Å². The lowest BCUT2D eigenvalue weighted by atomic mass is 10.1. The summed E-state index contributed by atoms with van der Waals surface area (Å²) < 4.78 is 5.40. The molecule has 0 atom stereocenters. The van der Waals surface area contributed by atoms with Crippen LogP contribution < -0.4 is 10.5 Å². The lowest BCUT2D eigenvalue weighted by Crippen LogP contribution is -2.21. The summed E-state index contributed by atoms with van der Waals surface area (Å²) in [5, 5.41) is 0. The van der Waals surface area contributed by atoms with Crippen LogP contribution in [0.25, 0.3) is 0 Å². The maximum Gasteiger partial charge on any atom is 0.123 e. The molecular weight excluding hydrogens is 212 g/mol. The summed E-state index contributed by atoms with van der Waals surface area (Å²) in [6.45, 7) is 2.72. The van der Waals surface area contributed by atoms with E-state index in [4.69, 9.17) is 10.5 Å². The number of nitrogens with two attached hydrogens (primary N) is 1. The van der Waals surface area contributed by atoms with E-state index in [9.17, 15) is 0 Å². The Morgan fingerprint density at radius 1 is 1.41 bits per heavy atom. The number of hydrogen-bond acceptors (Lipinski definition) is 3. The van der Waals surface area contributed by atoms with E-state index in [0.29, 0.717) is 6.54 Å². The van der Waals surface area contributed by atoms with Gasteiger partial charge in [0.25, 0.3) is 0 Å². The summed E-state index contributed by atoms with van der Waals surface area (Å²) >= 11 is 0. The van der Waals surface area contributed by atoms with E-state index < -0.39 is 0 Å². The summed E-state index contributed by atoms with van der Waals surface area (Å²) in [7, 11) is 3.90. The average Bonchev–Trinajstić information content (AvgIpc) is 3.12. The molecule has 0 heterocycles. The molecule has 1 fully saturated rings. The molecule has 1 aliphatic rings. The molecular formula is C14H22N2O. The number of methoxy groups -OCH3 is 1. The molecule has 2 rings (SSSR count). The Morgan fingerprint density at radius 2 is 2.18 bits per heavy atom. The monoisotopic (exact) mass is 234 g/mol. The second-order valence-corrected chi connectivity index (χ2v) is 4.99. The molecule has 1 saturated carbocycles. The van der Waals surface area contributed by atoms with Gasteiger partial charge in [0.2, 0.25) is 0 Å². The third kappa shape index (κ3) is 3.45. The molecule has 1 aromatic rings. The maximum atomic E-state index is 5.68. The third-order valence-electron chi connectivity index (χ3n) is 3.29. The minimum Gasteiger partial charge on any atom is -0.496 e. The molecule has 94 valence electrons. The number of nitrogens with zero attached hydrogens (tertiary/aromatic N) is 1. The summed E-state index contributed by atoms with van der Waals surface area (Å²) in [5.74, 6) is 1.88. The number of ether oxygens (including phenoxy) is 1. The number of benzene rings is 1. The van der Waals surface area contributed by atoms with Gasteiger partial charge in [-0.1, -0.05) is 6.07 Å². The topological polar surface area (TPSA) is 38.5 Å². The Morgan fingerprint density at radius 3 is 2.76 bits per heavy atom. The van der Waals surface area contributed by atoms with Crippen LogP contribution in [-0.4, -0.2) is 25.6 Å². The zero-order valence-corrected chi connectivity index (χ0v) is 10.8. The molecule has 0 aromatic heterocycles. The van der Waals surface area contributed by atoms with Gasteiger partial charge in [-0.05, 0) is 43.5 Å². The van der Waals surface area contributed by atoms with Crippen molar-refractivity contribution in [2.75, 3.05) is 20.7 Å². The zero-order chi connectivity index (χ0) is 12.3. The normalized spacial score (nSPS) is 15.3. The van der Waals surface area contributed by atoms with Gasteiger partial charge in [0.05, 0.1) is 7.11 Å². The maximum absolute atomic E-state index is 5.68. The van der Waals surface area contributed by atoms with Gasteiger partial charge in [0, 0.05) is 25.2 Å². The Balaban J connectivity index is 2.05. The van der Waals surface area contributed by atoms with E-state index in [2.05, 4.69) is 18.0 Å². The fourth-order valence-electron chi connectivity index (χ4n) is 2.18. The van der Waals surface area contributed by atoms with Gasteiger partial charge in [0.1, 0.15) is 5.75 Å².